The summed E-state index contributed by atoms with van der Waals surface area (Å²) in [5, 5.41) is 4.80. The summed E-state index contributed by atoms with van der Waals surface area (Å²) in [7, 11) is 1.52. The first kappa shape index (κ1) is 22.8. The molecular formula is C23H23N7O4S. The number of nitrogens with zero attached hydrogens (tertiary/aromatic N) is 4. The molecule has 4 N–H and O–H groups in total. The molecule has 2 saturated heterocycles. The van der Waals surface area contributed by atoms with Gasteiger partial charge in [-0.3, -0.25) is 14.9 Å². The molecule has 1 aromatic carbocycles. The minimum Gasteiger partial charge on any atom is -0.497 e. The molecule has 4 amide bonds. The Kier molecular flexibility index (Phi) is 5.86. The number of amides is 4. The zero-order valence-electron chi connectivity index (χ0n) is 19.0. The fourth-order valence-electron chi connectivity index (χ4n) is 4.18. The molecule has 5 rings (SSSR count). The molecule has 35 heavy (non-hydrogen) atoms. The molecule has 12 heteroatoms. The molecular weight excluding hydrogens is 470 g/mol. The van der Waals surface area contributed by atoms with Crippen molar-refractivity contribution in [1.29, 1.82) is 0 Å². The van der Waals surface area contributed by atoms with Gasteiger partial charge in [0.2, 0.25) is 11.5 Å². The normalized spacial score (nSPS) is 21.2. The average molecular weight is 494 g/mol. The second-order valence-electron chi connectivity index (χ2n) is 8.32. The predicted octanol–water partition coefficient (Wildman–Crippen LogP) is 0.206. The number of methoxy groups -OCH3 is 1. The van der Waals surface area contributed by atoms with Crippen LogP contribution in [-0.2, 0) is 11.3 Å². The first-order valence-corrected chi connectivity index (χ1v) is 12.1. The van der Waals surface area contributed by atoms with E-state index in [9.17, 15) is 14.4 Å². The summed E-state index contributed by atoms with van der Waals surface area (Å²) in [5.74, 6) is 8.03. The van der Waals surface area contributed by atoms with Crippen LogP contribution in [0.3, 0.4) is 0 Å². The number of rotatable bonds is 4. The molecule has 3 aliphatic heterocycles. The number of thioether (sulfide) groups is 1. The maximum Gasteiger partial charge on any atom is 0.323 e. The van der Waals surface area contributed by atoms with Crippen LogP contribution in [0.4, 0.5) is 16.6 Å². The molecule has 4 heterocycles. The van der Waals surface area contributed by atoms with Crippen LogP contribution in [0.5, 0.6) is 5.75 Å². The highest BCUT2D eigenvalue weighted by Gasteiger charge is 2.48. The molecule has 0 spiro atoms. The van der Waals surface area contributed by atoms with Crippen LogP contribution in [0.15, 0.2) is 24.4 Å². The largest absolute Gasteiger partial charge is 0.497 e. The number of hydrogen-bond donors (Lipinski definition) is 3. The van der Waals surface area contributed by atoms with Gasteiger partial charge in [0, 0.05) is 36.7 Å². The number of fused-ring (bicyclic) bond motifs is 1. The Labute approximate surface area is 205 Å². The number of benzene rings is 1. The van der Waals surface area contributed by atoms with Crippen molar-refractivity contribution in [2.75, 3.05) is 48.9 Å². The number of nitrogen functional groups attached to an aromatic ring is 1. The molecule has 11 nitrogen and oxygen atoms in total. The molecule has 0 radical (unpaired) electrons. The van der Waals surface area contributed by atoms with E-state index in [-0.39, 0.29) is 24.8 Å². The Balaban J connectivity index is 1.41. The van der Waals surface area contributed by atoms with E-state index in [4.69, 9.17) is 10.5 Å². The predicted molar refractivity (Wildman–Crippen MR) is 130 cm³/mol. The third-order valence-corrected chi connectivity index (χ3v) is 7.02. The number of nitrogens with two attached hydrogens (primary N) is 1. The fourth-order valence-corrected chi connectivity index (χ4v) is 5.09. The molecule has 2 fully saturated rings. The van der Waals surface area contributed by atoms with Crippen molar-refractivity contribution in [1.82, 2.24) is 25.5 Å². The highest BCUT2D eigenvalue weighted by atomic mass is 32.2. The number of imide groups is 1. The number of nitrogens with one attached hydrogen (secondary N) is 2. The van der Waals surface area contributed by atoms with Crippen LogP contribution < -0.4 is 26.0 Å². The number of ether oxygens (including phenoxy) is 1. The van der Waals surface area contributed by atoms with Crippen LogP contribution in [0.25, 0.3) is 0 Å². The molecule has 1 atom stereocenters. The standard InChI is InChI=1S/C23H23N7O4S/c1-34-16-3-2-15-12-30(19(31)17(15)10-16)13-23(20(32)27-22(33)28-23)5-4-14-11-25-21(26-18(14)24)29-6-8-35-9-7-29/h2-3,10-11H,6-9,12-13H2,1H3,(H2,24,25,26)(H2,27,28,32,33)/t23-/m1/s1. The van der Waals surface area contributed by atoms with Gasteiger partial charge in [-0.25, -0.2) is 9.78 Å². The van der Waals surface area contributed by atoms with Gasteiger partial charge in [0.1, 0.15) is 11.6 Å². The quantitative estimate of drug-likeness (QED) is 0.402. The van der Waals surface area contributed by atoms with E-state index in [0.717, 1.165) is 30.2 Å². The zero-order valence-corrected chi connectivity index (χ0v) is 19.8. The van der Waals surface area contributed by atoms with Crippen molar-refractivity contribution >= 4 is 41.4 Å². The Morgan fingerprint density at radius 1 is 1.26 bits per heavy atom. The summed E-state index contributed by atoms with van der Waals surface area (Å²) in [6.45, 7) is 1.81. The van der Waals surface area contributed by atoms with Crippen molar-refractivity contribution in [3.63, 3.8) is 0 Å². The van der Waals surface area contributed by atoms with Gasteiger partial charge in [-0.05, 0) is 17.7 Å². The number of urea groups is 1. The Hall–Kier alpha value is -3.98. The number of aromatic nitrogens is 2. The highest BCUT2D eigenvalue weighted by Crippen LogP contribution is 2.28. The van der Waals surface area contributed by atoms with E-state index in [1.165, 1.54) is 18.2 Å². The third-order valence-electron chi connectivity index (χ3n) is 6.08. The van der Waals surface area contributed by atoms with E-state index in [1.807, 2.05) is 11.8 Å². The van der Waals surface area contributed by atoms with Crippen LogP contribution in [0.2, 0.25) is 0 Å². The van der Waals surface area contributed by atoms with Crippen molar-refractivity contribution in [3.8, 4) is 17.6 Å². The number of carbonyl (C=O) groups excluding carboxylic acids is 3. The van der Waals surface area contributed by atoms with Crippen molar-refractivity contribution in [2.24, 2.45) is 0 Å². The maximum atomic E-state index is 13.0. The first-order valence-electron chi connectivity index (χ1n) is 11.0. The average Bonchev–Trinajstić information content (AvgIpc) is 3.32. The number of anilines is 2. The van der Waals surface area contributed by atoms with Gasteiger partial charge < -0.3 is 25.6 Å². The van der Waals surface area contributed by atoms with Gasteiger partial charge in [0.05, 0.1) is 25.4 Å². The summed E-state index contributed by atoms with van der Waals surface area (Å²) in [4.78, 5) is 50.2. The molecule has 0 saturated carbocycles. The topological polar surface area (TPSA) is 143 Å². The van der Waals surface area contributed by atoms with Crippen LogP contribution >= 0.6 is 11.8 Å². The van der Waals surface area contributed by atoms with E-state index in [2.05, 4.69) is 37.3 Å². The fraction of sp³-hybridized carbons (Fsp3) is 0.348. The van der Waals surface area contributed by atoms with Gasteiger partial charge >= 0.3 is 6.03 Å². The lowest BCUT2D eigenvalue weighted by Crippen LogP contribution is -2.54. The summed E-state index contributed by atoms with van der Waals surface area (Å²) >= 11 is 1.88. The van der Waals surface area contributed by atoms with Gasteiger partial charge in [-0.2, -0.15) is 16.7 Å². The molecule has 180 valence electrons. The maximum absolute atomic E-state index is 13.0. The summed E-state index contributed by atoms with van der Waals surface area (Å²) in [5.41, 5.74) is 6.11. The summed E-state index contributed by atoms with van der Waals surface area (Å²) in [6, 6.07) is 4.55. The van der Waals surface area contributed by atoms with Gasteiger partial charge in [0.15, 0.2) is 0 Å². The Morgan fingerprint density at radius 2 is 2.06 bits per heavy atom. The third kappa shape index (κ3) is 4.30. The molecule has 1 aromatic heterocycles. The lowest BCUT2D eigenvalue weighted by atomic mass is 9.99. The van der Waals surface area contributed by atoms with Crippen LogP contribution in [0, 0.1) is 11.8 Å². The van der Waals surface area contributed by atoms with Gasteiger partial charge in [-0.15, -0.1) is 0 Å². The lowest BCUT2D eigenvalue weighted by Gasteiger charge is -2.26. The van der Waals surface area contributed by atoms with E-state index in [1.54, 1.807) is 18.2 Å². The molecule has 2 aromatic rings. The van der Waals surface area contributed by atoms with Crippen molar-refractivity contribution in [2.45, 2.75) is 12.1 Å². The second-order valence-corrected chi connectivity index (χ2v) is 9.54. The second kappa shape index (κ2) is 8.99. The Bertz CT molecular complexity index is 1280. The number of carbonyl (C=O) groups is 3. The highest BCUT2D eigenvalue weighted by molar-refractivity contribution is 7.99. The molecule has 0 aliphatic carbocycles. The first-order chi connectivity index (χ1) is 16.9. The lowest BCUT2D eigenvalue weighted by molar-refractivity contribution is -0.122. The zero-order chi connectivity index (χ0) is 24.6. The summed E-state index contributed by atoms with van der Waals surface area (Å²) in [6.07, 6.45) is 1.51. The SMILES string of the molecule is COc1ccc2c(c1)C(=O)N(C[C@@]1(C#Cc3cnc(N4CCSCC4)nc3N)NC(=O)NC1=O)C2. The molecule has 3 aliphatic rings. The molecule has 0 bridgehead atoms. The summed E-state index contributed by atoms with van der Waals surface area (Å²) < 4.78 is 5.21. The van der Waals surface area contributed by atoms with Crippen LogP contribution in [-0.4, -0.2) is 76.5 Å². The van der Waals surface area contributed by atoms with Crippen molar-refractivity contribution < 1.29 is 19.1 Å². The minimum atomic E-state index is -1.64. The molecule has 0 unspecified atom stereocenters. The van der Waals surface area contributed by atoms with Crippen molar-refractivity contribution in [3.05, 3.63) is 41.1 Å². The van der Waals surface area contributed by atoms with E-state index in [0.29, 0.717) is 22.8 Å². The van der Waals surface area contributed by atoms with Gasteiger partial charge in [0.25, 0.3) is 11.8 Å². The number of hydrogen-bond acceptors (Lipinski definition) is 9. The Morgan fingerprint density at radius 3 is 2.74 bits per heavy atom. The smallest absolute Gasteiger partial charge is 0.323 e. The van der Waals surface area contributed by atoms with Gasteiger partial charge in [-0.1, -0.05) is 17.9 Å². The van der Waals surface area contributed by atoms with E-state index < -0.39 is 17.5 Å². The van der Waals surface area contributed by atoms with E-state index >= 15 is 0 Å². The monoisotopic (exact) mass is 493 g/mol. The van der Waals surface area contributed by atoms with Crippen LogP contribution in [0.1, 0.15) is 21.5 Å². The minimum absolute atomic E-state index is 0.141.